The lowest BCUT2D eigenvalue weighted by atomic mass is 10.1. The van der Waals surface area contributed by atoms with Crippen LogP contribution in [-0.2, 0) is 9.53 Å². The number of benzene rings is 1. The molecule has 5 nitrogen and oxygen atoms in total. The number of hydrogen-bond donors (Lipinski definition) is 2. The lowest BCUT2D eigenvalue weighted by molar-refractivity contribution is -0.142. The van der Waals surface area contributed by atoms with Crippen molar-refractivity contribution in [1.29, 1.82) is 5.26 Å². The summed E-state index contributed by atoms with van der Waals surface area (Å²) < 4.78 is 4.89. The van der Waals surface area contributed by atoms with Gasteiger partial charge in [0.25, 0.3) is 0 Å². The molecule has 0 aromatic heterocycles. The first-order valence-corrected chi connectivity index (χ1v) is 5.77. The summed E-state index contributed by atoms with van der Waals surface area (Å²) in [5.41, 5.74) is 0.0763. The van der Waals surface area contributed by atoms with E-state index in [9.17, 15) is 15.0 Å². The second kappa shape index (κ2) is 6.12. The highest BCUT2D eigenvalue weighted by atomic mass is 35.5. The van der Waals surface area contributed by atoms with Crippen LogP contribution in [0.25, 0.3) is 6.08 Å². The van der Waals surface area contributed by atoms with Crippen molar-refractivity contribution in [3.8, 4) is 17.6 Å². The maximum Gasteiger partial charge on any atom is 0.349 e. The molecule has 1 aromatic rings. The first-order chi connectivity index (χ1) is 8.85. The van der Waals surface area contributed by atoms with Crippen LogP contribution in [0.5, 0.6) is 11.5 Å². The van der Waals surface area contributed by atoms with Crippen LogP contribution in [0.3, 0.4) is 0 Å². The number of carbonyl (C=O) groups excluding carboxylic acids is 1. The summed E-state index contributed by atoms with van der Waals surface area (Å²) >= 11 is 5.67. The predicted octanol–water partition coefficient (Wildman–Crippen LogP) is 2.61. The second-order valence-electron chi connectivity index (χ2n) is 3.99. The van der Waals surface area contributed by atoms with Gasteiger partial charge in [0.1, 0.15) is 11.6 Å². The molecule has 0 amide bonds. The van der Waals surface area contributed by atoms with Crippen LogP contribution in [0.1, 0.15) is 19.4 Å². The Hall–Kier alpha value is -2.19. The number of halogens is 1. The molecule has 1 rings (SSSR count). The topological polar surface area (TPSA) is 90.6 Å². The maximum atomic E-state index is 11.6. The van der Waals surface area contributed by atoms with Crippen molar-refractivity contribution < 1.29 is 19.7 Å². The molecule has 19 heavy (non-hydrogen) atoms. The van der Waals surface area contributed by atoms with Crippen LogP contribution in [0, 0.1) is 11.3 Å². The number of aromatic hydroxyl groups is 2. The van der Waals surface area contributed by atoms with Gasteiger partial charge in [0.05, 0.1) is 11.1 Å². The van der Waals surface area contributed by atoms with Crippen LogP contribution in [0.15, 0.2) is 17.7 Å². The lowest BCUT2D eigenvalue weighted by Crippen LogP contribution is -2.12. The molecule has 0 saturated heterocycles. The smallest absolute Gasteiger partial charge is 0.349 e. The van der Waals surface area contributed by atoms with Gasteiger partial charge in [-0.25, -0.2) is 4.79 Å². The largest absolute Gasteiger partial charge is 0.504 e. The average Bonchev–Trinajstić information content (AvgIpc) is 2.31. The third kappa shape index (κ3) is 3.90. The van der Waals surface area contributed by atoms with Gasteiger partial charge >= 0.3 is 5.97 Å². The van der Waals surface area contributed by atoms with Crippen molar-refractivity contribution >= 4 is 23.6 Å². The number of phenolic OH excluding ortho intramolecular Hbond substituents is 2. The number of carbonyl (C=O) groups is 1. The minimum atomic E-state index is -0.763. The quantitative estimate of drug-likeness (QED) is 0.385. The number of nitrogens with zero attached hydrogens (tertiary/aromatic N) is 1. The average molecular weight is 282 g/mol. The molecule has 0 spiro atoms. The highest BCUT2D eigenvalue weighted by Crippen LogP contribution is 2.34. The first-order valence-electron chi connectivity index (χ1n) is 5.39. The highest BCUT2D eigenvalue weighted by Gasteiger charge is 2.13. The molecule has 0 atom stereocenters. The molecule has 2 N–H and O–H groups in total. The zero-order chi connectivity index (χ0) is 14.6. The van der Waals surface area contributed by atoms with Gasteiger partial charge in [-0.3, -0.25) is 0 Å². The van der Waals surface area contributed by atoms with Gasteiger partial charge in [0.2, 0.25) is 0 Å². The molecule has 0 radical (unpaired) electrons. The van der Waals surface area contributed by atoms with Gasteiger partial charge in [-0.2, -0.15) is 5.26 Å². The van der Waals surface area contributed by atoms with E-state index in [4.69, 9.17) is 21.6 Å². The van der Waals surface area contributed by atoms with Gasteiger partial charge in [-0.1, -0.05) is 11.6 Å². The number of esters is 1. The van der Waals surface area contributed by atoms with Crippen molar-refractivity contribution in [3.05, 3.63) is 28.3 Å². The fourth-order valence-corrected chi connectivity index (χ4v) is 1.49. The molecule has 100 valence electrons. The van der Waals surface area contributed by atoms with Crippen molar-refractivity contribution in [2.24, 2.45) is 0 Å². The molecule has 1 aromatic carbocycles. The standard InChI is InChI=1S/C13H12ClNO4/c1-7(2)19-13(18)9(6-15)3-8-4-10(14)12(17)11(16)5-8/h3-5,7,16-17H,1-2H3/b9-3+. The van der Waals surface area contributed by atoms with Crippen LogP contribution in [-0.4, -0.2) is 22.3 Å². The van der Waals surface area contributed by atoms with Crippen LogP contribution in [0.4, 0.5) is 0 Å². The van der Waals surface area contributed by atoms with E-state index in [1.807, 2.05) is 0 Å². The lowest BCUT2D eigenvalue weighted by Gasteiger charge is -2.07. The Balaban J connectivity index is 3.12. The number of ether oxygens (including phenoxy) is 1. The van der Waals surface area contributed by atoms with Gasteiger partial charge < -0.3 is 14.9 Å². The van der Waals surface area contributed by atoms with Gasteiger partial charge in [0.15, 0.2) is 11.5 Å². The zero-order valence-electron chi connectivity index (χ0n) is 10.3. The molecule has 0 saturated carbocycles. The summed E-state index contributed by atoms with van der Waals surface area (Å²) in [6.45, 7) is 3.33. The van der Waals surface area contributed by atoms with E-state index in [2.05, 4.69) is 0 Å². The fraction of sp³-hybridized carbons (Fsp3) is 0.231. The third-order valence-electron chi connectivity index (χ3n) is 2.06. The Morgan fingerprint density at radius 1 is 1.47 bits per heavy atom. The van der Waals surface area contributed by atoms with E-state index in [-0.39, 0.29) is 16.7 Å². The van der Waals surface area contributed by atoms with E-state index >= 15 is 0 Å². The van der Waals surface area contributed by atoms with Crippen LogP contribution < -0.4 is 0 Å². The summed E-state index contributed by atoms with van der Waals surface area (Å²) in [5, 5.41) is 27.5. The van der Waals surface area contributed by atoms with Crippen LogP contribution >= 0.6 is 11.6 Å². The van der Waals surface area contributed by atoms with E-state index in [1.54, 1.807) is 19.9 Å². The summed E-state index contributed by atoms with van der Waals surface area (Å²) in [7, 11) is 0. The number of rotatable bonds is 3. The molecular formula is C13H12ClNO4. The fourth-order valence-electron chi connectivity index (χ4n) is 1.27. The first kappa shape index (κ1) is 14.9. The van der Waals surface area contributed by atoms with Crippen LogP contribution in [0.2, 0.25) is 5.02 Å². The second-order valence-corrected chi connectivity index (χ2v) is 4.40. The number of nitriles is 1. The van der Waals surface area contributed by atoms with Gasteiger partial charge in [0, 0.05) is 0 Å². The molecule has 6 heteroatoms. The zero-order valence-corrected chi connectivity index (χ0v) is 11.1. The molecule has 0 aliphatic heterocycles. The van der Waals surface area contributed by atoms with E-state index in [1.165, 1.54) is 18.2 Å². The van der Waals surface area contributed by atoms with Crippen molar-refractivity contribution in [3.63, 3.8) is 0 Å². The minimum absolute atomic E-state index is 0.0826. The Morgan fingerprint density at radius 2 is 2.11 bits per heavy atom. The number of hydrogen-bond acceptors (Lipinski definition) is 5. The molecule has 0 fully saturated rings. The SMILES string of the molecule is CC(C)OC(=O)/C(C#N)=C/c1cc(O)c(O)c(Cl)c1. The molecule has 0 aliphatic carbocycles. The molecule has 0 bridgehead atoms. The predicted molar refractivity (Wildman–Crippen MR) is 69.6 cm³/mol. The normalized spacial score (nSPS) is 11.2. The Morgan fingerprint density at radius 3 is 2.58 bits per heavy atom. The van der Waals surface area contributed by atoms with E-state index < -0.39 is 17.5 Å². The summed E-state index contributed by atoms with van der Waals surface area (Å²) in [6, 6.07) is 4.21. The van der Waals surface area contributed by atoms with E-state index in [0.717, 1.165) is 0 Å². The minimum Gasteiger partial charge on any atom is -0.504 e. The monoisotopic (exact) mass is 281 g/mol. The summed E-state index contributed by atoms with van der Waals surface area (Å²) in [6.07, 6.45) is 0.872. The summed E-state index contributed by atoms with van der Waals surface area (Å²) in [5.74, 6) is -1.66. The Bertz CT molecular complexity index is 549. The van der Waals surface area contributed by atoms with Gasteiger partial charge in [-0.05, 0) is 37.6 Å². The molecule has 0 aliphatic rings. The number of phenols is 2. The molecule has 0 unspecified atom stereocenters. The third-order valence-corrected chi connectivity index (χ3v) is 2.35. The maximum absolute atomic E-state index is 11.6. The van der Waals surface area contributed by atoms with E-state index in [0.29, 0.717) is 5.56 Å². The Labute approximate surface area is 115 Å². The van der Waals surface area contributed by atoms with Crippen molar-refractivity contribution in [1.82, 2.24) is 0 Å². The van der Waals surface area contributed by atoms with Gasteiger partial charge in [-0.15, -0.1) is 0 Å². The highest BCUT2D eigenvalue weighted by molar-refractivity contribution is 6.32. The summed E-state index contributed by atoms with van der Waals surface area (Å²) in [4.78, 5) is 11.6. The molecular weight excluding hydrogens is 270 g/mol. The van der Waals surface area contributed by atoms with Crippen molar-refractivity contribution in [2.45, 2.75) is 20.0 Å². The Kier molecular flexibility index (Phi) is 4.79. The van der Waals surface area contributed by atoms with Crippen molar-refractivity contribution in [2.75, 3.05) is 0 Å². The molecule has 0 heterocycles.